The summed E-state index contributed by atoms with van der Waals surface area (Å²) >= 11 is 3.64. The third-order valence-corrected chi connectivity index (χ3v) is 4.10. The second-order valence-corrected chi connectivity index (χ2v) is 6.44. The van der Waals surface area contributed by atoms with Crippen molar-refractivity contribution in [2.24, 2.45) is 5.73 Å². The van der Waals surface area contributed by atoms with Gasteiger partial charge in [-0.05, 0) is 50.1 Å². The molecule has 0 aliphatic heterocycles. The molecule has 4 heteroatoms. The monoisotopic (exact) mass is 347 g/mol. The molecule has 112 valence electrons. The molecule has 0 aliphatic carbocycles. The van der Waals surface area contributed by atoms with E-state index in [4.69, 9.17) is 5.73 Å². The second kappa shape index (κ2) is 7.05. The molecule has 1 atom stereocenters. The van der Waals surface area contributed by atoms with Crippen molar-refractivity contribution in [3.63, 3.8) is 0 Å². The molecule has 0 bridgehead atoms. The van der Waals surface area contributed by atoms with Crippen molar-refractivity contribution in [1.29, 1.82) is 0 Å². The highest BCUT2D eigenvalue weighted by molar-refractivity contribution is 9.10. The Kier molecular flexibility index (Phi) is 5.37. The molecule has 0 saturated carbocycles. The summed E-state index contributed by atoms with van der Waals surface area (Å²) < 4.78 is 1.11. The number of aryl methyl sites for hydroxylation is 1. The van der Waals surface area contributed by atoms with Crippen molar-refractivity contribution in [2.45, 2.75) is 32.9 Å². The molecule has 1 heterocycles. The van der Waals surface area contributed by atoms with Crippen LogP contribution in [0.3, 0.4) is 0 Å². The van der Waals surface area contributed by atoms with E-state index in [-0.39, 0.29) is 6.04 Å². The van der Waals surface area contributed by atoms with Gasteiger partial charge in [0.15, 0.2) is 0 Å². The number of hydrogen-bond acceptors (Lipinski definition) is 3. The van der Waals surface area contributed by atoms with Crippen LogP contribution in [0, 0.1) is 6.92 Å². The molecular formula is C17H22BrN3. The van der Waals surface area contributed by atoms with Crippen LogP contribution in [0.15, 0.2) is 40.9 Å². The Hall–Kier alpha value is -1.39. The summed E-state index contributed by atoms with van der Waals surface area (Å²) in [6.45, 7) is 4.83. The molecule has 0 aliphatic rings. The third-order valence-electron chi connectivity index (χ3n) is 3.36. The van der Waals surface area contributed by atoms with Crippen LogP contribution in [0.5, 0.6) is 0 Å². The van der Waals surface area contributed by atoms with E-state index in [0.29, 0.717) is 0 Å². The Bertz CT molecular complexity index is 611. The number of benzene rings is 1. The Labute approximate surface area is 135 Å². The zero-order chi connectivity index (χ0) is 15.4. The molecule has 1 unspecified atom stereocenters. The van der Waals surface area contributed by atoms with Crippen molar-refractivity contribution >= 4 is 21.6 Å². The van der Waals surface area contributed by atoms with Gasteiger partial charge in [-0.1, -0.05) is 28.1 Å². The summed E-state index contributed by atoms with van der Waals surface area (Å²) in [7, 11) is 2.08. The summed E-state index contributed by atoms with van der Waals surface area (Å²) in [5, 5.41) is 0. The first-order valence-electron chi connectivity index (χ1n) is 7.13. The van der Waals surface area contributed by atoms with Gasteiger partial charge in [0.25, 0.3) is 0 Å². The highest BCUT2D eigenvalue weighted by atomic mass is 79.9. The lowest BCUT2D eigenvalue weighted by molar-refractivity contribution is 0.736. The van der Waals surface area contributed by atoms with Crippen LogP contribution < -0.4 is 10.6 Å². The summed E-state index contributed by atoms with van der Waals surface area (Å²) in [5.41, 5.74) is 10.4. The smallest absolute Gasteiger partial charge is 0.0600 e. The van der Waals surface area contributed by atoms with E-state index in [2.05, 4.69) is 57.1 Å². The normalized spacial score (nSPS) is 12.2. The predicted octanol–water partition coefficient (Wildman–Crippen LogP) is 3.68. The largest absolute Gasteiger partial charge is 0.369 e. The predicted molar refractivity (Wildman–Crippen MR) is 92.6 cm³/mol. The van der Waals surface area contributed by atoms with E-state index < -0.39 is 0 Å². The van der Waals surface area contributed by atoms with Gasteiger partial charge in [-0.2, -0.15) is 0 Å². The van der Waals surface area contributed by atoms with Gasteiger partial charge in [-0.3, -0.25) is 4.98 Å². The standard InChI is InChI=1S/C17H22BrN3/c1-12(19)9-14-7-8-16(10-17(14)18)21(3)11-15-6-4-5-13(2)20-15/h4-8,10,12H,9,11,19H2,1-3H3. The number of rotatable bonds is 5. The van der Waals surface area contributed by atoms with Crippen molar-refractivity contribution in [3.05, 3.63) is 57.8 Å². The summed E-state index contributed by atoms with van der Waals surface area (Å²) in [6.07, 6.45) is 0.879. The van der Waals surface area contributed by atoms with Crippen LogP contribution in [0.25, 0.3) is 0 Å². The molecular weight excluding hydrogens is 326 g/mol. The number of anilines is 1. The molecule has 0 fully saturated rings. The van der Waals surface area contributed by atoms with Crippen LogP contribution in [-0.4, -0.2) is 18.1 Å². The molecule has 1 aromatic carbocycles. The van der Waals surface area contributed by atoms with E-state index in [1.807, 2.05) is 26.0 Å². The molecule has 0 amide bonds. The van der Waals surface area contributed by atoms with Crippen LogP contribution in [0.1, 0.15) is 23.9 Å². The van der Waals surface area contributed by atoms with Gasteiger partial charge in [-0.25, -0.2) is 0 Å². The van der Waals surface area contributed by atoms with Crippen LogP contribution >= 0.6 is 15.9 Å². The summed E-state index contributed by atoms with van der Waals surface area (Å²) in [4.78, 5) is 6.74. The fourth-order valence-electron chi connectivity index (χ4n) is 2.31. The van der Waals surface area contributed by atoms with Gasteiger partial charge in [0.1, 0.15) is 0 Å². The molecule has 21 heavy (non-hydrogen) atoms. The average molecular weight is 348 g/mol. The van der Waals surface area contributed by atoms with Crippen LogP contribution in [-0.2, 0) is 13.0 Å². The van der Waals surface area contributed by atoms with Crippen molar-refractivity contribution < 1.29 is 0 Å². The van der Waals surface area contributed by atoms with E-state index in [9.17, 15) is 0 Å². The maximum atomic E-state index is 5.87. The first-order valence-corrected chi connectivity index (χ1v) is 7.92. The molecule has 2 rings (SSSR count). The van der Waals surface area contributed by atoms with Crippen LogP contribution in [0.2, 0.25) is 0 Å². The summed E-state index contributed by atoms with van der Waals surface area (Å²) in [5.74, 6) is 0. The molecule has 0 saturated heterocycles. The fraction of sp³-hybridized carbons (Fsp3) is 0.353. The first-order chi connectivity index (χ1) is 9.95. The number of aromatic nitrogens is 1. The number of nitrogens with two attached hydrogens (primary N) is 1. The maximum absolute atomic E-state index is 5.87. The lowest BCUT2D eigenvalue weighted by atomic mass is 10.1. The highest BCUT2D eigenvalue weighted by Gasteiger charge is 2.08. The first kappa shape index (κ1) is 16.0. The van der Waals surface area contributed by atoms with Gasteiger partial charge < -0.3 is 10.6 Å². The van der Waals surface area contributed by atoms with Gasteiger partial charge >= 0.3 is 0 Å². The SMILES string of the molecule is Cc1cccc(CN(C)c2ccc(CC(C)N)c(Br)c2)n1. The van der Waals surface area contributed by atoms with E-state index in [1.165, 1.54) is 11.3 Å². The second-order valence-electron chi connectivity index (χ2n) is 5.58. The van der Waals surface area contributed by atoms with Crippen LogP contribution in [0.4, 0.5) is 5.69 Å². The van der Waals surface area contributed by atoms with Gasteiger partial charge in [-0.15, -0.1) is 0 Å². The molecule has 2 aromatic rings. The number of nitrogens with zero attached hydrogens (tertiary/aromatic N) is 2. The molecule has 0 radical (unpaired) electrons. The lowest BCUT2D eigenvalue weighted by Crippen LogP contribution is -2.19. The highest BCUT2D eigenvalue weighted by Crippen LogP contribution is 2.25. The van der Waals surface area contributed by atoms with Gasteiger partial charge in [0.2, 0.25) is 0 Å². The minimum Gasteiger partial charge on any atom is -0.369 e. The molecule has 1 aromatic heterocycles. The zero-order valence-corrected chi connectivity index (χ0v) is 14.4. The number of hydrogen-bond donors (Lipinski definition) is 1. The Balaban J connectivity index is 2.12. The quantitative estimate of drug-likeness (QED) is 0.896. The van der Waals surface area contributed by atoms with E-state index in [1.54, 1.807) is 0 Å². The summed E-state index contributed by atoms with van der Waals surface area (Å²) in [6, 6.07) is 12.7. The van der Waals surface area contributed by atoms with Crippen molar-refractivity contribution in [2.75, 3.05) is 11.9 Å². The molecule has 0 spiro atoms. The average Bonchev–Trinajstić information content (AvgIpc) is 2.40. The van der Waals surface area contributed by atoms with E-state index >= 15 is 0 Å². The van der Waals surface area contributed by atoms with Gasteiger partial charge in [0, 0.05) is 28.9 Å². The maximum Gasteiger partial charge on any atom is 0.0600 e. The zero-order valence-electron chi connectivity index (χ0n) is 12.8. The Morgan fingerprint density at radius 1 is 1.29 bits per heavy atom. The van der Waals surface area contributed by atoms with E-state index in [0.717, 1.165) is 28.8 Å². The minimum absolute atomic E-state index is 0.168. The number of halogens is 1. The van der Waals surface area contributed by atoms with Crippen molar-refractivity contribution in [3.8, 4) is 0 Å². The fourth-order valence-corrected chi connectivity index (χ4v) is 2.84. The van der Waals surface area contributed by atoms with Gasteiger partial charge in [0.05, 0.1) is 12.2 Å². The third kappa shape index (κ3) is 4.55. The topological polar surface area (TPSA) is 42.1 Å². The minimum atomic E-state index is 0.168. The molecule has 2 N–H and O–H groups in total. The lowest BCUT2D eigenvalue weighted by Gasteiger charge is -2.20. The number of pyridine rings is 1. The Morgan fingerprint density at radius 3 is 2.67 bits per heavy atom. The van der Waals surface area contributed by atoms with Crippen molar-refractivity contribution in [1.82, 2.24) is 4.98 Å². The molecule has 3 nitrogen and oxygen atoms in total. The Morgan fingerprint density at radius 2 is 2.05 bits per heavy atom.